The molecule has 0 unspecified atom stereocenters. The molecule has 3 aromatic rings. The van der Waals surface area contributed by atoms with E-state index >= 15 is 0 Å². The lowest BCUT2D eigenvalue weighted by Gasteiger charge is -2.16. The Morgan fingerprint density at radius 2 is 1.74 bits per heavy atom. The van der Waals surface area contributed by atoms with E-state index in [9.17, 15) is 40.5 Å². The van der Waals surface area contributed by atoms with E-state index in [1.165, 1.54) is 5.10 Å². The van der Waals surface area contributed by atoms with Gasteiger partial charge in [-0.05, 0) is 18.2 Å². The van der Waals surface area contributed by atoms with Crippen LogP contribution in [0.2, 0.25) is 5.02 Å². The van der Waals surface area contributed by atoms with Crippen molar-refractivity contribution < 1.29 is 50.0 Å². The Morgan fingerprint density at radius 1 is 1.08 bits per heavy atom. The first-order valence-corrected chi connectivity index (χ1v) is 11.8. The van der Waals surface area contributed by atoms with Gasteiger partial charge in [-0.2, -0.15) is 36.7 Å². The summed E-state index contributed by atoms with van der Waals surface area (Å²) in [5.41, 5.74) is -9.54. The molecule has 3 rings (SSSR count). The Bertz CT molecular complexity index is 1630. The zero-order valence-electron chi connectivity index (χ0n) is 18.5. The number of alkyl halides is 6. The van der Waals surface area contributed by atoms with Crippen molar-refractivity contribution in [3.63, 3.8) is 0 Å². The van der Waals surface area contributed by atoms with Gasteiger partial charge in [0.2, 0.25) is 5.75 Å². The highest BCUT2D eigenvalue weighted by Gasteiger charge is 2.41. The van der Waals surface area contributed by atoms with E-state index in [2.05, 4.69) is 14.6 Å². The molecule has 0 atom stereocenters. The molecule has 0 aliphatic heterocycles. The summed E-state index contributed by atoms with van der Waals surface area (Å²) in [5, 5.41) is 13.6. The van der Waals surface area contributed by atoms with Gasteiger partial charge in [0.25, 0.3) is 11.1 Å². The van der Waals surface area contributed by atoms with Gasteiger partial charge in [0.15, 0.2) is 5.69 Å². The number of rotatable bonds is 7. The number of nitrogens with one attached hydrogen (secondary N) is 2. The molecule has 4 N–H and O–H groups in total. The first-order chi connectivity index (χ1) is 17.9. The van der Waals surface area contributed by atoms with E-state index in [-0.39, 0.29) is 10.6 Å². The molecule has 2 heterocycles. The molecule has 0 spiro atoms. The van der Waals surface area contributed by atoms with Gasteiger partial charge in [0.1, 0.15) is 17.1 Å². The van der Waals surface area contributed by atoms with E-state index in [4.69, 9.17) is 31.4 Å². The van der Waals surface area contributed by atoms with Crippen molar-refractivity contribution in [3.8, 4) is 17.6 Å². The lowest BCUT2D eigenvalue weighted by molar-refractivity contribution is -0.142. The summed E-state index contributed by atoms with van der Waals surface area (Å²) in [5.74, 6) is -2.76. The molecule has 20 heteroatoms. The van der Waals surface area contributed by atoms with Gasteiger partial charge in [0.05, 0.1) is 30.4 Å². The second-order valence-electron chi connectivity index (χ2n) is 7.37. The van der Waals surface area contributed by atoms with Crippen molar-refractivity contribution in [2.45, 2.75) is 25.4 Å². The van der Waals surface area contributed by atoms with E-state index in [0.717, 1.165) is 18.2 Å². The minimum atomic E-state index is -5.41. The summed E-state index contributed by atoms with van der Waals surface area (Å²) >= 11 is 5.78. The van der Waals surface area contributed by atoms with Gasteiger partial charge < -0.3 is 19.5 Å². The third-order valence-electron chi connectivity index (χ3n) is 4.58. The number of nitrogens with zero attached hydrogens (tertiary/aromatic N) is 3. The molecular formula is C19H11ClF6N5O7P. The maximum absolute atomic E-state index is 13.8. The fourth-order valence-corrected chi connectivity index (χ4v) is 3.64. The number of halogens is 7. The Labute approximate surface area is 216 Å². The Hall–Kier alpha value is -3.75. The minimum Gasteiger partial charge on any atom is -0.449 e. The van der Waals surface area contributed by atoms with Crippen LogP contribution in [0.4, 0.5) is 26.3 Å². The molecule has 0 aliphatic carbocycles. The van der Waals surface area contributed by atoms with Gasteiger partial charge in [-0.15, -0.1) is 0 Å². The standard InChI is InChI=1S/C19H11ClF6N5O7P/c20-8-1-7(5-27)2-9(3-8)38-14-15(19(24,25)26)28-12(29-17(14)33)4-11-10(6-37-39(34,35)36)13(18(21,22)23)16(32)31-30-11/h1-3H,4,6H2,(H,31,32)(H,28,29,33)(H2,34,35,36). The quantitative estimate of drug-likeness (QED) is 0.230. The van der Waals surface area contributed by atoms with Crippen LogP contribution in [0.5, 0.6) is 11.5 Å². The van der Waals surface area contributed by atoms with Crippen molar-refractivity contribution in [2.24, 2.45) is 0 Å². The summed E-state index contributed by atoms with van der Waals surface area (Å²) in [6.45, 7) is -1.53. The van der Waals surface area contributed by atoms with Gasteiger partial charge in [-0.1, -0.05) is 11.6 Å². The number of hydrogen-bond donors (Lipinski definition) is 4. The highest BCUT2D eigenvalue weighted by Crippen LogP contribution is 2.40. The van der Waals surface area contributed by atoms with Crippen molar-refractivity contribution in [2.75, 3.05) is 0 Å². The van der Waals surface area contributed by atoms with Crippen LogP contribution < -0.4 is 15.9 Å². The van der Waals surface area contributed by atoms with Crippen molar-refractivity contribution >= 4 is 19.4 Å². The zero-order valence-corrected chi connectivity index (χ0v) is 20.2. The number of H-pyrrole nitrogens is 2. The Balaban J connectivity index is 2.14. The van der Waals surface area contributed by atoms with Gasteiger partial charge in [-0.3, -0.25) is 14.1 Å². The molecule has 0 bridgehead atoms. The Kier molecular flexibility index (Phi) is 8.24. The summed E-state index contributed by atoms with van der Waals surface area (Å²) in [4.78, 5) is 47.2. The monoisotopic (exact) mass is 601 g/mol. The molecule has 12 nitrogen and oxygen atoms in total. The maximum Gasteiger partial charge on any atom is 0.469 e. The zero-order chi connectivity index (χ0) is 29.3. The number of phosphoric ester groups is 1. The second-order valence-corrected chi connectivity index (χ2v) is 9.04. The average Bonchev–Trinajstić information content (AvgIpc) is 2.78. The first kappa shape index (κ1) is 29.8. The predicted octanol–water partition coefficient (Wildman–Crippen LogP) is 3.41. The predicted molar refractivity (Wildman–Crippen MR) is 116 cm³/mol. The highest BCUT2D eigenvalue weighted by molar-refractivity contribution is 7.46. The summed E-state index contributed by atoms with van der Waals surface area (Å²) in [6, 6.07) is 4.79. The molecule has 0 saturated carbocycles. The third kappa shape index (κ3) is 7.43. The third-order valence-corrected chi connectivity index (χ3v) is 5.26. The molecule has 0 aliphatic rings. The number of aromatic nitrogens is 4. The molecule has 208 valence electrons. The van der Waals surface area contributed by atoms with Crippen LogP contribution in [0.3, 0.4) is 0 Å². The van der Waals surface area contributed by atoms with Crippen LogP contribution >= 0.6 is 19.4 Å². The first-order valence-electron chi connectivity index (χ1n) is 9.85. The van der Waals surface area contributed by atoms with Gasteiger partial charge in [-0.25, -0.2) is 14.6 Å². The number of phosphoric acid groups is 1. The van der Waals surface area contributed by atoms with E-state index in [1.54, 1.807) is 6.07 Å². The molecule has 0 saturated heterocycles. The van der Waals surface area contributed by atoms with Gasteiger partial charge >= 0.3 is 20.2 Å². The van der Waals surface area contributed by atoms with Crippen LogP contribution in [0.15, 0.2) is 27.8 Å². The van der Waals surface area contributed by atoms with Crippen LogP contribution in [-0.4, -0.2) is 30.0 Å². The summed E-state index contributed by atoms with van der Waals surface area (Å²) in [7, 11) is -5.38. The number of nitriles is 1. The number of benzene rings is 1. The molecule has 39 heavy (non-hydrogen) atoms. The smallest absolute Gasteiger partial charge is 0.449 e. The second kappa shape index (κ2) is 10.8. The number of hydrogen-bond acceptors (Lipinski definition) is 8. The molecule has 0 radical (unpaired) electrons. The molecule has 2 aromatic heterocycles. The highest BCUT2D eigenvalue weighted by atomic mass is 35.5. The van der Waals surface area contributed by atoms with Crippen molar-refractivity contribution in [1.29, 1.82) is 5.26 Å². The molecule has 0 amide bonds. The van der Waals surface area contributed by atoms with Crippen LogP contribution in [0.1, 0.15) is 33.9 Å². The fraction of sp³-hybridized carbons (Fsp3) is 0.211. The number of aromatic amines is 2. The van der Waals surface area contributed by atoms with E-state index in [1.807, 2.05) is 4.98 Å². The lowest BCUT2D eigenvalue weighted by atomic mass is 10.1. The molecule has 0 fully saturated rings. The summed E-state index contributed by atoms with van der Waals surface area (Å²) in [6.07, 6.45) is -11.9. The Morgan fingerprint density at radius 3 is 2.31 bits per heavy atom. The van der Waals surface area contributed by atoms with E-state index in [0.29, 0.717) is 0 Å². The van der Waals surface area contributed by atoms with Crippen LogP contribution in [0, 0.1) is 11.3 Å². The average molecular weight is 602 g/mol. The largest absolute Gasteiger partial charge is 0.469 e. The van der Waals surface area contributed by atoms with Crippen molar-refractivity contribution in [3.05, 3.63) is 77.8 Å². The van der Waals surface area contributed by atoms with Crippen molar-refractivity contribution in [1.82, 2.24) is 20.2 Å². The normalized spacial score (nSPS) is 12.3. The topological polar surface area (TPSA) is 191 Å². The van der Waals surface area contributed by atoms with Gasteiger partial charge in [0, 0.05) is 10.6 Å². The fourth-order valence-electron chi connectivity index (χ4n) is 3.12. The molecular weight excluding hydrogens is 591 g/mol. The lowest BCUT2D eigenvalue weighted by Crippen LogP contribution is -2.28. The van der Waals surface area contributed by atoms with E-state index < -0.39 is 84.2 Å². The summed E-state index contributed by atoms with van der Waals surface area (Å²) < 4.78 is 102. The SMILES string of the molecule is N#Cc1cc(Cl)cc(Oc2c(C(F)(F)F)nc(Cc3n[nH]c(=O)c(C(F)(F)F)c3COP(=O)(O)O)[nH]c2=O)c1. The molecule has 1 aromatic carbocycles. The number of ether oxygens (including phenoxy) is 1. The maximum atomic E-state index is 13.8. The van der Waals surface area contributed by atoms with Crippen LogP contribution in [-0.2, 0) is 34.5 Å². The van der Waals surface area contributed by atoms with Crippen LogP contribution in [0.25, 0.3) is 0 Å². The minimum absolute atomic E-state index is 0.117.